The first-order valence-corrected chi connectivity index (χ1v) is 6.15. The maximum absolute atomic E-state index is 11.6. The van der Waals surface area contributed by atoms with E-state index in [-0.39, 0.29) is 18.1 Å². The van der Waals surface area contributed by atoms with Gasteiger partial charge in [0.05, 0.1) is 17.0 Å². The molecule has 0 spiro atoms. The Labute approximate surface area is 114 Å². The Morgan fingerprint density at radius 2 is 1.63 bits per heavy atom. The summed E-state index contributed by atoms with van der Waals surface area (Å²) in [7, 11) is 0. The number of benzene rings is 2. The number of aromatic carboxylic acids is 1. The van der Waals surface area contributed by atoms with Gasteiger partial charge in [0.25, 0.3) is 0 Å². The maximum Gasteiger partial charge on any atom is 0.338 e. The van der Waals surface area contributed by atoms with Crippen molar-refractivity contribution in [1.29, 1.82) is 0 Å². The van der Waals surface area contributed by atoms with E-state index in [9.17, 15) is 9.59 Å². The highest BCUT2D eigenvalue weighted by Crippen LogP contribution is 2.18. The monoisotopic (exact) mass is 278 g/mol. The second-order valence-corrected chi connectivity index (χ2v) is 4.28. The number of alkyl halides is 1. The molecule has 0 saturated heterocycles. The van der Waals surface area contributed by atoms with Crippen LogP contribution in [-0.4, -0.2) is 29.5 Å². The molecular weight excluding hydrogens is 268 g/mol. The first kappa shape index (κ1) is 13.4. The third-order valence-corrected chi connectivity index (χ3v) is 2.79. The summed E-state index contributed by atoms with van der Waals surface area (Å²) in [5, 5.41) is 10.4. The molecule has 0 radical (unpaired) electrons. The highest BCUT2D eigenvalue weighted by molar-refractivity contribution is 6.18. The number of rotatable bonds is 4. The normalized spacial score (nSPS) is 10.4. The van der Waals surface area contributed by atoms with Gasteiger partial charge in [-0.1, -0.05) is 12.1 Å². The molecule has 0 atom stereocenters. The van der Waals surface area contributed by atoms with Crippen molar-refractivity contribution in [2.75, 3.05) is 12.5 Å². The first-order chi connectivity index (χ1) is 9.11. The summed E-state index contributed by atoms with van der Waals surface area (Å²) in [6.07, 6.45) is 0. The quantitative estimate of drug-likeness (QED) is 0.690. The Morgan fingerprint density at radius 1 is 1.05 bits per heavy atom. The van der Waals surface area contributed by atoms with E-state index in [1.54, 1.807) is 30.3 Å². The molecule has 0 aliphatic heterocycles. The Bertz CT molecular complexity index is 636. The Morgan fingerprint density at radius 3 is 2.21 bits per heavy atom. The number of halogens is 1. The largest absolute Gasteiger partial charge is 0.478 e. The number of ether oxygens (including phenoxy) is 1. The molecule has 19 heavy (non-hydrogen) atoms. The zero-order chi connectivity index (χ0) is 13.8. The SMILES string of the molecule is O=C(O)c1ccc2cc(C(=O)OCCCl)ccc2c1. The lowest BCUT2D eigenvalue weighted by Crippen LogP contribution is -2.07. The van der Waals surface area contributed by atoms with E-state index in [1.165, 1.54) is 6.07 Å². The van der Waals surface area contributed by atoms with Crippen molar-refractivity contribution in [3.8, 4) is 0 Å². The van der Waals surface area contributed by atoms with Crippen LogP contribution < -0.4 is 0 Å². The zero-order valence-electron chi connectivity index (χ0n) is 9.93. The maximum atomic E-state index is 11.6. The lowest BCUT2D eigenvalue weighted by atomic mass is 10.0. The fraction of sp³-hybridized carbons (Fsp3) is 0.143. The number of esters is 1. The van der Waals surface area contributed by atoms with Gasteiger partial charge in [-0.15, -0.1) is 11.6 Å². The molecule has 0 aliphatic rings. The molecule has 98 valence electrons. The van der Waals surface area contributed by atoms with Gasteiger partial charge in [0, 0.05) is 0 Å². The molecule has 2 aromatic rings. The van der Waals surface area contributed by atoms with E-state index >= 15 is 0 Å². The van der Waals surface area contributed by atoms with Crippen LogP contribution in [0.3, 0.4) is 0 Å². The van der Waals surface area contributed by atoms with Crippen LogP contribution in [0.15, 0.2) is 36.4 Å². The van der Waals surface area contributed by atoms with Gasteiger partial charge in [-0.3, -0.25) is 0 Å². The lowest BCUT2D eigenvalue weighted by Gasteiger charge is -2.05. The second-order valence-electron chi connectivity index (χ2n) is 3.91. The molecule has 0 aromatic heterocycles. The van der Waals surface area contributed by atoms with E-state index < -0.39 is 11.9 Å². The van der Waals surface area contributed by atoms with Gasteiger partial charge in [0.1, 0.15) is 6.61 Å². The molecule has 2 rings (SSSR count). The van der Waals surface area contributed by atoms with Crippen molar-refractivity contribution in [3.63, 3.8) is 0 Å². The third-order valence-electron chi connectivity index (χ3n) is 2.63. The summed E-state index contributed by atoms with van der Waals surface area (Å²) < 4.78 is 4.92. The Hall–Kier alpha value is -2.07. The molecular formula is C14H11ClO4. The number of carboxylic acids is 1. The smallest absolute Gasteiger partial charge is 0.338 e. The standard InChI is InChI=1S/C14H11ClO4/c15-5-6-19-14(18)12-4-2-9-7-11(13(16)17)3-1-10(9)8-12/h1-4,7-8H,5-6H2,(H,16,17). The average molecular weight is 279 g/mol. The summed E-state index contributed by atoms with van der Waals surface area (Å²) in [6, 6.07) is 9.68. The van der Waals surface area contributed by atoms with Crippen LogP contribution >= 0.6 is 11.6 Å². The minimum atomic E-state index is -0.979. The van der Waals surface area contributed by atoms with Gasteiger partial charge in [0.2, 0.25) is 0 Å². The molecule has 0 saturated carbocycles. The summed E-state index contributed by atoms with van der Waals surface area (Å²) in [5.41, 5.74) is 0.630. The minimum absolute atomic E-state index is 0.163. The van der Waals surface area contributed by atoms with Crippen molar-refractivity contribution in [2.45, 2.75) is 0 Å². The third kappa shape index (κ3) is 3.03. The zero-order valence-corrected chi connectivity index (χ0v) is 10.7. The molecule has 5 heteroatoms. The molecule has 0 fully saturated rings. The predicted octanol–water partition coefficient (Wildman–Crippen LogP) is 2.93. The van der Waals surface area contributed by atoms with Gasteiger partial charge < -0.3 is 9.84 Å². The van der Waals surface area contributed by atoms with Crippen LogP contribution in [0.1, 0.15) is 20.7 Å². The van der Waals surface area contributed by atoms with Gasteiger partial charge in [-0.2, -0.15) is 0 Å². The number of carbonyl (C=O) groups is 2. The Kier molecular flexibility index (Phi) is 4.02. The van der Waals surface area contributed by atoms with Gasteiger partial charge in [0.15, 0.2) is 0 Å². The van der Waals surface area contributed by atoms with Gasteiger partial charge in [-0.05, 0) is 35.0 Å². The molecule has 0 bridgehead atoms. The van der Waals surface area contributed by atoms with Crippen molar-refractivity contribution in [3.05, 3.63) is 47.5 Å². The van der Waals surface area contributed by atoms with E-state index in [0.29, 0.717) is 5.56 Å². The number of carbonyl (C=O) groups excluding carboxylic acids is 1. The van der Waals surface area contributed by atoms with Crippen molar-refractivity contribution >= 4 is 34.3 Å². The molecule has 2 aromatic carbocycles. The van der Waals surface area contributed by atoms with Crippen molar-refractivity contribution < 1.29 is 19.4 Å². The highest BCUT2D eigenvalue weighted by Gasteiger charge is 2.09. The summed E-state index contributed by atoms with van der Waals surface area (Å²) in [5.74, 6) is -1.17. The van der Waals surface area contributed by atoms with Gasteiger partial charge >= 0.3 is 11.9 Å². The Balaban J connectivity index is 2.34. The van der Waals surface area contributed by atoms with Gasteiger partial charge in [-0.25, -0.2) is 9.59 Å². The van der Waals surface area contributed by atoms with E-state index in [1.807, 2.05) is 0 Å². The van der Waals surface area contributed by atoms with E-state index in [2.05, 4.69) is 0 Å². The fourth-order valence-electron chi connectivity index (χ4n) is 1.72. The van der Waals surface area contributed by atoms with Crippen LogP contribution in [0.2, 0.25) is 0 Å². The summed E-state index contributed by atoms with van der Waals surface area (Å²) in [4.78, 5) is 22.5. The van der Waals surface area contributed by atoms with Crippen molar-refractivity contribution in [1.82, 2.24) is 0 Å². The van der Waals surface area contributed by atoms with Crippen LogP contribution in [-0.2, 0) is 4.74 Å². The van der Waals surface area contributed by atoms with Crippen LogP contribution in [0.4, 0.5) is 0 Å². The van der Waals surface area contributed by atoms with Crippen LogP contribution in [0, 0.1) is 0 Å². The van der Waals surface area contributed by atoms with Crippen molar-refractivity contribution in [2.24, 2.45) is 0 Å². The van der Waals surface area contributed by atoms with E-state index in [0.717, 1.165) is 10.8 Å². The fourth-order valence-corrected chi connectivity index (χ4v) is 1.80. The van der Waals surface area contributed by atoms with Crippen LogP contribution in [0.5, 0.6) is 0 Å². The molecule has 4 nitrogen and oxygen atoms in total. The number of fused-ring (bicyclic) bond motifs is 1. The number of hydrogen-bond acceptors (Lipinski definition) is 3. The second kappa shape index (κ2) is 5.71. The summed E-state index contributed by atoms with van der Waals surface area (Å²) in [6.45, 7) is 0.163. The number of hydrogen-bond donors (Lipinski definition) is 1. The highest BCUT2D eigenvalue weighted by atomic mass is 35.5. The summed E-state index contributed by atoms with van der Waals surface area (Å²) >= 11 is 5.44. The predicted molar refractivity (Wildman–Crippen MR) is 71.9 cm³/mol. The molecule has 0 unspecified atom stereocenters. The molecule has 0 heterocycles. The van der Waals surface area contributed by atoms with Crippen LogP contribution in [0.25, 0.3) is 10.8 Å². The average Bonchev–Trinajstić information content (AvgIpc) is 2.43. The lowest BCUT2D eigenvalue weighted by molar-refractivity contribution is 0.0528. The molecule has 1 N–H and O–H groups in total. The van der Waals surface area contributed by atoms with E-state index in [4.69, 9.17) is 21.4 Å². The molecule has 0 amide bonds. The minimum Gasteiger partial charge on any atom is -0.478 e. The topological polar surface area (TPSA) is 63.6 Å². The first-order valence-electron chi connectivity index (χ1n) is 5.62. The number of carboxylic acid groups (broad SMARTS) is 1. The molecule has 0 aliphatic carbocycles.